The average Bonchev–Trinajstić information content (AvgIpc) is 2.34. The minimum Gasteiger partial charge on any atom is -0.361 e. The maximum atomic E-state index is 8.81. The molecule has 1 aliphatic rings. The third-order valence-electron chi connectivity index (χ3n) is 2.55. The molecule has 0 N–H and O–H groups in total. The smallest absolute Gasteiger partial charge is 0.156 e. The molecule has 0 radical (unpaired) electrons. The van der Waals surface area contributed by atoms with Gasteiger partial charge in [-0.25, -0.2) is 4.98 Å². The Morgan fingerprint density at radius 2 is 2.35 bits per heavy atom. The highest BCUT2D eigenvalue weighted by atomic mass is 35.5. The highest BCUT2D eigenvalue weighted by molar-refractivity contribution is 6.32. The van der Waals surface area contributed by atoms with Crippen molar-refractivity contribution >= 4 is 23.2 Å². The van der Waals surface area contributed by atoms with Gasteiger partial charge in [-0.1, -0.05) is 23.2 Å². The second kappa shape index (κ2) is 5.65. The second-order valence-electron chi connectivity index (χ2n) is 3.79. The SMILES string of the molecule is N#CC1CN(Cc2nc(Cl)ccc2Cl)CCO1. The summed E-state index contributed by atoms with van der Waals surface area (Å²) in [5.41, 5.74) is 0.734. The van der Waals surface area contributed by atoms with Crippen LogP contribution in [0, 0.1) is 11.3 Å². The predicted molar refractivity (Wildman–Crippen MR) is 64.9 cm³/mol. The first-order chi connectivity index (χ1) is 8.19. The Kier molecular flexibility index (Phi) is 4.19. The van der Waals surface area contributed by atoms with Crippen LogP contribution in [0.15, 0.2) is 12.1 Å². The molecule has 0 spiro atoms. The fourth-order valence-electron chi connectivity index (χ4n) is 1.70. The number of ether oxygens (including phenoxy) is 1. The summed E-state index contributed by atoms with van der Waals surface area (Å²) in [5.74, 6) is 0. The van der Waals surface area contributed by atoms with Crippen molar-refractivity contribution in [2.75, 3.05) is 19.7 Å². The molecule has 1 saturated heterocycles. The lowest BCUT2D eigenvalue weighted by atomic mass is 10.2. The summed E-state index contributed by atoms with van der Waals surface area (Å²) in [7, 11) is 0. The van der Waals surface area contributed by atoms with Gasteiger partial charge in [-0.2, -0.15) is 5.26 Å². The normalized spacial score (nSPS) is 21.1. The molecule has 0 aromatic carbocycles. The van der Waals surface area contributed by atoms with E-state index < -0.39 is 0 Å². The molecule has 2 rings (SSSR count). The first kappa shape index (κ1) is 12.6. The Balaban J connectivity index is 2.05. The fourth-order valence-corrected chi connectivity index (χ4v) is 2.03. The standard InChI is InChI=1S/C11H11Cl2N3O/c12-9-1-2-11(13)15-10(9)7-16-3-4-17-8(5-14)6-16/h1-2,8H,3-4,6-7H2. The van der Waals surface area contributed by atoms with Crippen molar-refractivity contribution in [1.82, 2.24) is 9.88 Å². The zero-order valence-electron chi connectivity index (χ0n) is 9.07. The lowest BCUT2D eigenvalue weighted by molar-refractivity contribution is -0.00310. The third kappa shape index (κ3) is 3.30. The number of hydrogen-bond acceptors (Lipinski definition) is 4. The first-order valence-corrected chi connectivity index (χ1v) is 5.99. The summed E-state index contributed by atoms with van der Waals surface area (Å²) in [6.45, 7) is 2.47. The summed E-state index contributed by atoms with van der Waals surface area (Å²) in [6.07, 6.45) is -0.373. The Labute approximate surface area is 110 Å². The van der Waals surface area contributed by atoms with E-state index in [2.05, 4.69) is 16.0 Å². The predicted octanol–water partition coefficient (Wildman–Crippen LogP) is 2.11. The van der Waals surface area contributed by atoms with Crippen LogP contribution < -0.4 is 0 Å². The van der Waals surface area contributed by atoms with Crippen LogP contribution in [0.1, 0.15) is 5.69 Å². The monoisotopic (exact) mass is 271 g/mol. The molecule has 0 aliphatic carbocycles. The molecule has 0 bridgehead atoms. The zero-order valence-corrected chi connectivity index (χ0v) is 10.6. The van der Waals surface area contributed by atoms with E-state index in [1.54, 1.807) is 12.1 Å². The van der Waals surface area contributed by atoms with Crippen molar-refractivity contribution in [3.05, 3.63) is 28.0 Å². The average molecular weight is 272 g/mol. The second-order valence-corrected chi connectivity index (χ2v) is 4.58. The Hall–Kier alpha value is -0.860. The van der Waals surface area contributed by atoms with Crippen molar-refractivity contribution in [2.45, 2.75) is 12.6 Å². The van der Waals surface area contributed by atoms with E-state index in [9.17, 15) is 0 Å². The van der Waals surface area contributed by atoms with Crippen LogP contribution in [0.25, 0.3) is 0 Å². The number of pyridine rings is 1. The van der Waals surface area contributed by atoms with E-state index in [0.29, 0.717) is 29.9 Å². The van der Waals surface area contributed by atoms with Crippen molar-refractivity contribution in [3.63, 3.8) is 0 Å². The Morgan fingerprint density at radius 3 is 3.12 bits per heavy atom. The maximum Gasteiger partial charge on any atom is 0.156 e. The minimum atomic E-state index is -0.373. The van der Waals surface area contributed by atoms with Gasteiger partial charge in [0.2, 0.25) is 0 Å². The van der Waals surface area contributed by atoms with Crippen LogP contribution >= 0.6 is 23.2 Å². The highest BCUT2D eigenvalue weighted by Crippen LogP contribution is 2.19. The molecule has 1 fully saturated rings. The molecule has 90 valence electrons. The van der Waals surface area contributed by atoms with Crippen LogP contribution in [0.4, 0.5) is 0 Å². The van der Waals surface area contributed by atoms with Crippen LogP contribution in [-0.4, -0.2) is 35.7 Å². The summed E-state index contributed by atoms with van der Waals surface area (Å²) < 4.78 is 5.27. The number of aromatic nitrogens is 1. The number of rotatable bonds is 2. The van der Waals surface area contributed by atoms with Gasteiger partial charge in [0.05, 0.1) is 23.4 Å². The van der Waals surface area contributed by atoms with Gasteiger partial charge in [0, 0.05) is 19.6 Å². The molecule has 1 aromatic heterocycles. The van der Waals surface area contributed by atoms with Gasteiger partial charge in [-0.05, 0) is 12.1 Å². The molecule has 6 heteroatoms. The Bertz CT molecular complexity index is 447. The molecule has 1 unspecified atom stereocenters. The topological polar surface area (TPSA) is 49.2 Å². The number of halogens is 2. The lowest BCUT2D eigenvalue weighted by Crippen LogP contribution is -2.41. The third-order valence-corrected chi connectivity index (χ3v) is 3.11. The van der Waals surface area contributed by atoms with Gasteiger partial charge in [-0.3, -0.25) is 4.90 Å². The van der Waals surface area contributed by atoms with Crippen LogP contribution in [0.5, 0.6) is 0 Å². The molecule has 0 saturated carbocycles. The number of hydrogen-bond donors (Lipinski definition) is 0. The zero-order chi connectivity index (χ0) is 12.3. The van der Waals surface area contributed by atoms with Gasteiger partial charge >= 0.3 is 0 Å². The molecule has 0 amide bonds. The van der Waals surface area contributed by atoms with E-state index in [-0.39, 0.29) is 6.10 Å². The van der Waals surface area contributed by atoms with E-state index >= 15 is 0 Å². The lowest BCUT2D eigenvalue weighted by Gasteiger charge is -2.29. The number of nitrogens with zero attached hydrogens (tertiary/aromatic N) is 3. The van der Waals surface area contributed by atoms with E-state index in [0.717, 1.165) is 12.2 Å². The van der Waals surface area contributed by atoms with Crippen LogP contribution in [0.2, 0.25) is 10.2 Å². The van der Waals surface area contributed by atoms with Crippen LogP contribution in [-0.2, 0) is 11.3 Å². The van der Waals surface area contributed by atoms with E-state index in [1.807, 2.05) is 0 Å². The van der Waals surface area contributed by atoms with Gasteiger partial charge in [0.25, 0.3) is 0 Å². The molecule has 1 aromatic rings. The molecular weight excluding hydrogens is 261 g/mol. The van der Waals surface area contributed by atoms with Gasteiger partial charge in [0.15, 0.2) is 6.10 Å². The molecule has 4 nitrogen and oxygen atoms in total. The fraction of sp³-hybridized carbons (Fsp3) is 0.455. The van der Waals surface area contributed by atoms with Crippen molar-refractivity contribution < 1.29 is 4.74 Å². The molecule has 17 heavy (non-hydrogen) atoms. The first-order valence-electron chi connectivity index (χ1n) is 5.23. The summed E-state index contributed by atoms with van der Waals surface area (Å²) in [5, 5.41) is 9.83. The van der Waals surface area contributed by atoms with E-state index in [4.69, 9.17) is 33.2 Å². The number of morpholine rings is 1. The summed E-state index contributed by atoms with van der Waals surface area (Å²) in [4.78, 5) is 6.27. The minimum absolute atomic E-state index is 0.373. The molecule has 1 aliphatic heterocycles. The van der Waals surface area contributed by atoms with Crippen molar-refractivity contribution in [2.24, 2.45) is 0 Å². The number of nitriles is 1. The van der Waals surface area contributed by atoms with Crippen molar-refractivity contribution in [1.29, 1.82) is 5.26 Å². The highest BCUT2D eigenvalue weighted by Gasteiger charge is 2.21. The maximum absolute atomic E-state index is 8.81. The quantitative estimate of drug-likeness (QED) is 0.774. The van der Waals surface area contributed by atoms with Gasteiger partial charge in [0.1, 0.15) is 5.15 Å². The molecule has 1 atom stereocenters. The van der Waals surface area contributed by atoms with Gasteiger partial charge < -0.3 is 4.74 Å². The Morgan fingerprint density at radius 1 is 1.53 bits per heavy atom. The molecular formula is C11H11Cl2N3O. The van der Waals surface area contributed by atoms with E-state index in [1.165, 1.54) is 0 Å². The van der Waals surface area contributed by atoms with Crippen LogP contribution in [0.3, 0.4) is 0 Å². The van der Waals surface area contributed by atoms with Gasteiger partial charge in [-0.15, -0.1) is 0 Å². The largest absolute Gasteiger partial charge is 0.361 e. The van der Waals surface area contributed by atoms with Crippen molar-refractivity contribution in [3.8, 4) is 6.07 Å². The summed E-state index contributed by atoms with van der Waals surface area (Å²) in [6, 6.07) is 5.49. The molecule has 2 heterocycles. The summed E-state index contributed by atoms with van der Waals surface area (Å²) >= 11 is 11.9.